The van der Waals surface area contributed by atoms with Gasteiger partial charge in [0, 0.05) is 0 Å². The summed E-state index contributed by atoms with van der Waals surface area (Å²) in [5.74, 6) is 0. The highest BCUT2D eigenvalue weighted by atomic mass is 32.2. The lowest BCUT2D eigenvalue weighted by Gasteiger charge is -2.02. The van der Waals surface area contributed by atoms with Crippen molar-refractivity contribution in [3.05, 3.63) is 46.0 Å². The molecular weight excluding hydrogens is 496 g/mol. The fourth-order valence-electron chi connectivity index (χ4n) is 2.81. The van der Waals surface area contributed by atoms with Crippen LogP contribution in [0.5, 0.6) is 0 Å². The van der Waals surface area contributed by atoms with Crippen molar-refractivity contribution < 1.29 is 25.2 Å². The van der Waals surface area contributed by atoms with Gasteiger partial charge in [0.25, 0.3) is 20.2 Å². The van der Waals surface area contributed by atoms with Crippen LogP contribution in [0, 0.1) is 0 Å². The van der Waals surface area contributed by atoms with E-state index in [-0.39, 0.29) is 23.0 Å². The lowest BCUT2D eigenvalue weighted by atomic mass is 10.3. The molecule has 4 rings (SSSR count). The predicted octanol–water partition coefficient (Wildman–Crippen LogP) is 2.64. The molecular formula is C18H18N4O6S4. The van der Waals surface area contributed by atoms with Crippen molar-refractivity contribution in [2.24, 2.45) is 10.2 Å². The lowest BCUT2D eigenvalue weighted by molar-refractivity contribution is 0.337. The van der Waals surface area contributed by atoms with E-state index in [1.165, 1.54) is 46.9 Å². The van der Waals surface area contributed by atoms with E-state index < -0.39 is 20.2 Å². The van der Waals surface area contributed by atoms with E-state index in [0.29, 0.717) is 30.0 Å². The third-order valence-corrected chi connectivity index (χ3v) is 8.78. The summed E-state index contributed by atoms with van der Waals surface area (Å²) < 4.78 is 59.4. The van der Waals surface area contributed by atoms with E-state index in [9.17, 15) is 16.8 Å². The van der Waals surface area contributed by atoms with Crippen molar-refractivity contribution in [1.82, 2.24) is 9.97 Å². The van der Waals surface area contributed by atoms with Gasteiger partial charge in [0.15, 0.2) is 0 Å². The average Bonchev–Trinajstić information content (AvgIpc) is 3.34. The van der Waals surface area contributed by atoms with Crippen LogP contribution in [-0.4, -0.2) is 40.0 Å². The Labute approximate surface area is 191 Å². The van der Waals surface area contributed by atoms with Crippen LogP contribution in [-0.2, 0) is 28.6 Å². The van der Waals surface area contributed by atoms with E-state index in [0.717, 1.165) is 0 Å². The second kappa shape index (κ2) is 8.88. The number of aromatic nitrogens is 2. The van der Waals surface area contributed by atoms with Crippen molar-refractivity contribution in [3.63, 3.8) is 0 Å². The third-order valence-electron chi connectivity index (χ3n) is 4.16. The minimum Gasteiger partial charge on any atom is -0.329 e. The number of fused-ring (bicyclic) bond motifs is 2. The van der Waals surface area contributed by atoms with Crippen molar-refractivity contribution in [2.45, 2.75) is 23.6 Å². The lowest BCUT2D eigenvalue weighted by Crippen LogP contribution is -2.05. The highest BCUT2D eigenvalue weighted by Gasteiger charge is 2.16. The van der Waals surface area contributed by atoms with Gasteiger partial charge in [0.05, 0.1) is 43.4 Å². The zero-order valence-electron chi connectivity index (χ0n) is 16.9. The van der Waals surface area contributed by atoms with E-state index in [1.807, 2.05) is 0 Å². The van der Waals surface area contributed by atoms with Crippen LogP contribution >= 0.6 is 22.7 Å². The Bertz CT molecular complexity index is 1520. The van der Waals surface area contributed by atoms with E-state index in [1.54, 1.807) is 26.0 Å². The van der Waals surface area contributed by atoms with Crippen molar-refractivity contribution >= 4 is 63.3 Å². The van der Waals surface area contributed by atoms with Crippen LogP contribution in [0.25, 0.3) is 20.4 Å². The molecule has 0 amide bonds. The third kappa shape index (κ3) is 4.69. The zero-order chi connectivity index (χ0) is 22.9. The van der Waals surface area contributed by atoms with Crippen molar-refractivity contribution in [2.75, 3.05) is 13.2 Å². The van der Waals surface area contributed by atoms with E-state index in [4.69, 9.17) is 8.37 Å². The van der Waals surface area contributed by atoms with E-state index in [2.05, 4.69) is 20.2 Å². The number of hydrogen-bond donors (Lipinski definition) is 2. The number of hydrogen-bond acceptors (Lipinski definition) is 10. The van der Waals surface area contributed by atoms with Crippen LogP contribution < -0.4 is 9.60 Å². The Morgan fingerprint density at radius 1 is 0.750 bits per heavy atom. The average molecular weight is 515 g/mol. The fourth-order valence-corrected chi connectivity index (χ4v) is 6.58. The molecule has 0 unspecified atom stereocenters. The molecule has 4 aromatic rings. The zero-order valence-corrected chi connectivity index (χ0v) is 20.1. The number of nitrogens with one attached hydrogen (secondary N) is 2. The Morgan fingerprint density at radius 3 is 1.53 bits per heavy atom. The molecule has 10 nitrogen and oxygen atoms in total. The largest absolute Gasteiger partial charge is 0.329 e. The quantitative estimate of drug-likeness (QED) is 0.287. The Balaban J connectivity index is 1.70. The summed E-state index contributed by atoms with van der Waals surface area (Å²) in [5.41, 5.74) is 1.43. The van der Waals surface area contributed by atoms with Crippen LogP contribution in [0.3, 0.4) is 0 Å². The van der Waals surface area contributed by atoms with Crippen LogP contribution in [0.15, 0.2) is 56.4 Å². The summed E-state index contributed by atoms with van der Waals surface area (Å²) in [6.07, 6.45) is 0. The molecule has 2 aromatic heterocycles. The fraction of sp³-hybridized carbons (Fsp3) is 0.222. The molecule has 32 heavy (non-hydrogen) atoms. The molecule has 2 heterocycles. The molecule has 0 atom stereocenters. The molecule has 0 bridgehead atoms. The highest BCUT2D eigenvalue weighted by Crippen LogP contribution is 2.22. The maximum atomic E-state index is 12.1. The van der Waals surface area contributed by atoms with E-state index >= 15 is 0 Å². The van der Waals surface area contributed by atoms with Gasteiger partial charge < -0.3 is 9.97 Å². The molecule has 0 saturated heterocycles. The number of benzene rings is 2. The first-order chi connectivity index (χ1) is 15.2. The first kappa shape index (κ1) is 22.8. The molecule has 170 valence electrons. The molecule has 2 N–H and O–H groups in total. The summed E-state index contributed by atoms with van der Waals surface area (Å²) in [6.45, 7) is 3.33. The monoisotopic (exact) mass is 514 g/mol. The molecule has 0 fully saturated rings. The molecule has 0 spiro atoms. The van der Waals surface area contributed by atoms with Gasteiger partial charge in [-0.15, -0.1) is 10.2 Å². The molecule has 0 aliphatic heterocycles. The molecule has 14 heteroatoms. The van der Waals surface area contributed by atoms with Gasteiger partial charge in [-0.05, 0) is 50.2 Å². The first-order valence-electron chi connectivity index (χ1n) is 9.34. The van der Waals surface area contributed by atoms with Gasteiger partial charge in [-0.2, -0.15) is 16.8 Å². The maximum absolute atomic E-state index is 12.1. The predicted molar refractivity (Wildman–Crippen MR) is 121 cm³/mol. The van der Waals surface area contributed by atoms with Crippen LogP contribution in [0.2, 0.25) is 0 Å². The second-order valence-electron chi connectivity index (χ2n) is 6.30. The number of aromatic amines is 2. The Hall–Kier alpha value is -2.36. The summed E-state index contributed by atoms with van der Waals surface area (Å²) in [7, 11) is -7.59. The summed E-state index contributed by atoms with van der Waals surface area (Å²) >= 11 is 2.48. The van der Waals surface area contributed by atoms with Gasteiger partial charge in [-0.1, -0.05) is 22.7 Å². The Morgan fingerprint density at radius 2 is 1.16 bits per heavy atom. The maximum Gasteiger partial charge on any atom is 0.297 e. The minimum atomic E-state index is -3.80. The number of H-pyrrole nitrogens is 2. The SMILES string of the molecule is CCOS(=O)(=O)c1ccc2[nH]c(=NN=c3[nH]c4ccc(S(=O)(=O)OCC)cc4s3)sc2c1. The second-order valence-corrected chi connectivity index (χ2v) is 11.6. The number of nitrogens with zero attached hydrogens (tertiary/aromatic N) is 2. The molecule has 2 aromatic carbocycles. The normalized spacial score (nSPS) is 14.1. The molecule has 0 aliphatic carbocycles. The van der Waals surface area contributed by atoms with Crippen molar-refractivity contribution in [3.8, 4) is 0 Å². The van der Waals surface area contributed by atoms with Gasteiger partial charge in [0.2, 0.25) is 9.60 Å². The number of rotatable bonds is 7. The standard InChI is InChI=1S/C18H18N4O6S4/c1-3-27-31(23,24)11-5-7-13-15(9-11)29-17(19-13)21-22-18-20-14-8-6-12(10-16(14)30-18)32(25,26)28-4-2/h5-10H,3-4H2,1-2H3,(H,19,21)(H,20,22). The van der Waals surface area contributed by atoms with Crippen LogP contribution in [0.1, 0.15) is 13.8 Å². The minimum absolute atomic E-state index is 0.0567. The van der Waals surface area contributed by atoms with Gasteiger partial charge >= 0.3 is 0 Å². The molecule has 0 aliphatic rings. The number of thiazole rings is 2. The molecule has 0 saturated carbocycles. The first-order valence-corrected chi connectivity index (χ1v) is 13.8. The summed E-state index contributed by atoms with van der Waals surface area (Å²) in [6, 6.07) is 9.25. The van der Waals surface area contributed by atoms with Crippen LogP contribution in [0.4, 0.5) is 0 Å². The molecule has 0 radical (unpaired) electrons. The Kier molecular flexibility index (Phi) is 6.33. The smallest absolute Gasteiger partial charge is 0.297 e. The topological polar surface area (TPSA) is 143 Å². The summed E-state index contributed by atoms with van der Waals surface area (Å²) in [4.78, 5) is 7.22. The summed E-state index contributed by atoms with van der Waals surface area (Å²) in [5, 5.41) is 8.36. The van der Waals surface area contributed by atoms with Gasteiger partial charge in [-0.3, -0.25) is 8.37 Å². The van der Waals surface area contributed by atoms with Crippen molar-refractivity contribution in [1.29, 1.82) is 0 Å². The van der Waals surface area contributed by atoms with Gasteiger partial charge in [-0.25, -0.2) is 0 Å². The highest BCUT2D eigenvalue weighted by molar-refractivity contribution is 7.87. The van der Waals surface area contributed by atoms with Gasteiger partial charge in [0.1, 0.15) is 0 Å².